The van der Waals surface area contributed by atoms with E-state index in [0.29, 0.717) is 12.0 Å². The van der Waals surface area contributed by atoms with Crippen molar-refractivity contribution in [2.75, 3.05) is 26.2 Å². The summed E-state index contributed by atoms with van der Waals surface area (Å²) in [6.45, 7) is 4.19. The molecule has 0 spiro atoms. The third kappa shape index (κ3) is 3.35. The maximum absolute atomic E-state index is 13.6. The van der Waals surface area contributed by atoms with Crippen molar-refractivity contribution in [1.29, 1.82) is 0 Å². The topological polar surface area (TPSA) is 15.3 Å². The molecule has 1 N–H and O–H groups in total. The Balaban J connectivity index is 0.00000147. The zero-order valence-corrected chi connectivity index (χ0v) is 13.9. The largest absolute Gasteiger partial charge is 0.314 e. The lowest BCUT2D eigenvalue weighted by Gasteiger charge is -2.43. The van der Waals surface area contributed by atoms with Gasteiger partial charge in [-0.1, -0.05) is 22.4 Å². The highest BCUT2D eigenvalue weighted by Gasteiger charge is 2.34. The normalized spacial score (nSPS) is 21.9. The van der Waals surface area contributed by atoms with Crippen LogP contribution in [0.4, 0.5) is 4.39 Å². The lowest BCUT2D eigenvalue weighted by molar-refractivity contribution is 0.0830. The molecule has 1 atom stereocenters. The van der Waals surface area contributed by atoms with Gasteiger partial charge < -0.3 is 5.32 Å². The SMILES string of the molecule is Cl.Fc1ccc(Br)c([C@H](C2CCC2)N2CCNCC2)c1. The average molecular weight is 364 g/mol. The summed E-state index contributed by atoms with van der Waals surface area (Å²) in [7, 11) is 0. The van der Waals surface area contributed by atoms with Crippen molar-refractivity contribution < 1.29 is 4.39 Å². The van der Waals surface area contributed by atoms with E-state index in [1.165, 1.54) is 25.3 Å². The van der Waals surface area contributed by atoms with E-state index in [9.17, 15) is 4.39 Å². The number of hydrogen-bond donors (Lipinski definition) is 1. The molecule has 2 nitrogen and oxygen atoms in total. The lowest BCUT2D eigenvalue weighted by atomic mass is 9.76. The maximum Gasteiger partial charge on any atom is 0.123 e. The van der Waals surface area contributed by atoms with Crippen LogP contribution in [0.3, 0.4) is 0 Å². The Kier molecular flexibility index (Phi) is 5.84. The lowest BCUT2D eigenvalue weighted by Crippen LogP contribution is -2.48. The highest BCUT2D eigenvalue weighted by atomic mass is 79.9. The number of nitrogens with one attached hydrogen (secondary N) is 1. The molecule has 2 fully saturated rings. The summed E-state index contributed by atoms with van der Waals surface area (Å²) in [4.78, 5) is 2.53. The Hall–Kier alpha value is -0.160. The van der Waals surface area contributed by atoms with E-state index in [4.69, 9.17) is 0 Å². The summed E-state index contributed by atoms with van der Waals surface area (Å²) < 4.78 is 14.7. The predicted molar refractivity (Wildman–Crippen MR) is 85.9 cm³/mol. The monoisotopic (exact) mass is 362 g/mol. The molecule has 0 radical (unpaired) electrons. The molecule has 1 aromatic carbocycles. The molecule has 5 heteroatoms. The minimum atomic E-state index is -0.127. The van der Waals surface area contributed by atoms with Crippen LogP contribution in [0.15, 0.2) is 22.7 Å². The zero-order chi connectivity index (χ0) is 13.2. The predicted octanol–water partition coefficient (Wildman–Crippen LogP) is 3.76. The number of nitrogens with zero attached hydrogens (tertiary/aromatic N) is 1. The van der Waals surface area contributed by atoms with Gasteiger partial charge in [0.15, 0.2) is 0 Å². The summed E-state index contributed by atoms with van der Waals surface area (Å²) in [6, 6.07) is 5.47. The first-order valence-corrected chi connectivity index (χ1v) is 7.95. The van der Waals surface area contributed by atoms with Gasteiger partial charge in [-0.2, -0.15) is 0 Å². The molecule has 0 unspecified atom stereocenters. The Labute approximate surface area is 134 Å². The van der Waals surface area contributed by atoms with E-state index in [1.807, 2.05) is 6.07 Å². The first-order chi connectivity index (χ1) is 9.25. The first kappa shape index (κ1) is 16.2. The van der Waals surface area contributed by atoms with Gasteiger partial charge in [-0.3, -0.25) is 4.90 Å². The molecule has 1 saturated heterocycles. The fraction of sp³-hybridized carbons (Fsp3) is 0.600. The second-order valence-electron chi connectivity index (χ2n) is 5.59. The molecular weight excluding hydrogens is 343 g/mol. The Bertz CT molecular complexity index is 447. The van der Waals surface area contributed by atoms with Crippen LogP contribution in [0.1, 0.15) is 30.9 Å². The van der Waals surface area contributed by atoms with E-state index in [0.717, 1.165) is 36.2 Å². The van der Waals surface area contributed by atoms with Crippen LogP contribution < -0.4 is 5.32 Å². The summed E-state index contributed by atoms with van der Waals surface area (Å²) >= 11 is 3.61. The minimum absolute atomic E-state index is 0. The van der Waals surface area contributed by atoms with E-state index in [2.05, 4.69) is 26.1 Å². The molecule has 0 bridgehead atoms. The van der Waals surface area contributed by atoms with Gasteiger partial charge in [0, 0.05) is 36.7 Å². The van der Waals surface area contributed by atoms with Gasteiger partial charge in [0.1, 0.15) is 5.82 Å². The summed E-state index contributed by atoms with van der Waals surface area (Å²) in [6.07, 6.45) is 3.87. The van der Waals surface area contributed by atoms with Crippen molar-refractivity contribution in [1.82, 2.24) is 10.2 Å². The smallest absolute Gasteiger partial charge is 0.123 e. The molecular formula is C15H21BrClFN2. The number of rotatable bonds is 3. The fourth-order valence-electron chi connectivity index (χ4n) is 3.21. The van der Waals surface area contributed by atoms with Crippen molar-refractivity contribution in [2.45, 2.75) is 25.3 Å². The van der Waals surface area contributed by atoms with E-state index in [-0.39, 0.29) is 18.2 Å². The fourth-order valence-corrected chi connectivity index (χ4v) is 3.69. The van der Waals surface area contributed by atoms with Crippen LogP contribution in [-0.2, 0) is 0 Å². The molecule has 1 aliphatic carbocycles. The summed E-state index contributed by atoms with van der Waals surface area (Å²) in [5.41, 5.74) is 1.13. The third-order valence-electron chi connectivity index (χ3n) is 4.42. The van der Waals surface area contributed by atoms with Gasteiger partial charge >= 0.3 is 0 Å². The van der Waals surface area contributed by atoms with Crippen molar-refractivity contribution >= 4 is 28.3 Å². The molecule has 112 valence electrons. The highest BCUT2D eigenvalue weighted by Crippen LogP contribution is 2.43. The Morgan fingerprint density at radius 2 is 1.95 bits per heavy atom. The molecule has 1 saturated carbocycles. The van der Waals surface area contributed by atoms with E-state index < -0.39 is 0 Å². The Morgan fingerprint density at radius 1 is 1.25 bits per heavy atom. The zero-order valence-electron chi connectivity index (χ0n) is 11.4. The van der Waals surface area contributed by atoms with Crippen molar-refractivity contribution in [2.24, 2.45) is 5.92 Å². The van der Waals surface area contributed by atoms with Crippen LogP contribution in [0.5, 0.6) is 0 Å². The van der Waals surface area contributed by atoms with Crippen LogP contribution in [0, 0.1) is 11.7 Å². The van der Waals surface area contributed by atoms with Gasteiger partial charge in [-0.15, -0.1) is 12.4 Å². The second-order valence-corrected chi connectivity index (χ2v) is 6.44. The third-order valence-corrected chi connectivity index (χ3v) is 5.14. The molecule has 20 heavy (non-hydrogen) atoms. The number of hydrogen-bond acceptors (Lipinski definition) is 2. The van der Waals surface area contributed by atoms with Crippen LogP contribution in [0.25, 0.3) is 0 Å². The standard InChI is InChI=1S/C15H20BrFN2.ClH/c16-14-5-4-12(17)10-13(14)15(11-2-1-3-11)19-8-6-18-7-9-19;/h4-5,10-11,15,18H,1-3,6-9H2;1H/t15-;/m0./s1. The van der Waals surface area contributed by atoms with Gasteiger partial charge in [-0.05, 0) is 42.5 Å². The molecule has 3 rings (SSSR count). The van der Waals surface area contributed by atoms with Crippen molar-refractivity contribution in [3.05, 3.63) is 34.1 Å². The van der Waals surface area contributed by atoms with E-state index in [1.54, 1.807) is 6.07 Å². The maximum atomic E-state index is 13.6. The molecule has 0 aromatic heterocycles. The van der Waals surface area contributed by atoms with Crippen molar-refractivity contribution in [3.8, 4) is 0 Å². The number of piperazine rings is 1. The average Bonchev–Trinajstić information content (AvgIpc) is 2.38. The molecule has 2 aliphatic rings. The molecule has 1 aromatic rings. The minimum Gasteiger partial charge on any atom is -0.314 e. The molecule has 0 amide bonds. The summed E-state index contributed by atoms with van der Waals surface area (Å²) in [5, 5.41) is 3.39. The quantitative estimate of drug-likeness (QED) is 0.880. The highest BCUT2D eigenvalue weighted by molar-refractivity contribution is 9.10. The molecule has 1 heterocycles. The van der Waals surface area contributed by atoms with Gasteiger partial charge in [0.2, 0.25) is 0 Å². The van der Waals surface area contributed by atoms with Crippen LogP contribution in [0.2, 0.25) is 0 Å². The first-order valence-electron chi connectivity index (χ1n) is 7.15. The van der Waals surface area contributed by atoms with Gasteiger partial charge in [-0.25, -0.2) is 4.39 Å². The second kappa shape index (κ2) is 7.21. The van der Waals surface area contributed by atoms with Gasteiger partial charge in [0.25, 0.3) is 0 Å². The van der Waals surface area contributed by atoms with Gasteiger partial charge in [0.05, 0.1) is 0 Å². The van der Waals surface area contributed by atoms with Crippen LogP contribution >= 0.6 is 28.3 Å². The number of halogens is 3. The van der Waals surface area contributed by atoms with Crippen molar-refractivity contribution in [3.63, 3.8) is 0 Å². The Morgan fingerprint density at radius 3 is 2.55 bits per heavy atom. The molecule has 1 aliphatic heterocycles. The summed E-state index contributed by atoms with van der Waals surface area (Å²) in [5.74, 6) is 0.564. The van der Waals surface area contributed by atoms with E-state index >= 15 is 0 Å². The number of benzene rings is 1. The van der Waals surface area contributed by atoms with Crippen LogP contribution in [-0.4, -0.2) is 31.1 Å².